The summed E-state index contributed by atoms with van der Waals surface area (Å²) in [6.07, 6.45) is 7.94. The van der Waals surface area contributed by atoms with Crippen LogP contribution in [0.25, 0.3) is 0 Å². The molecular formula is C14H28NO2+. The molecule has 0 amide bonds. The first-order valence-corrected chi connectivity index (χ1v) is 7.10. The van der Waals surface area contributed by atoms with Crippen LogP contribution in [0.1, 0.15) is 38.5 Å². The summed E-state index contributed by atoms with van der Waals surface area (Å²) < 4.78 is 12.6. The molecule has 1 aliphatic carbocycles. The van der Waals surface area contributed by atoms with Crippen molar-refractivity contribution in [3.63, 3.8) is 0 Å². The average Bonchev–Trinajstić information content (AvgIpc) is 2.71. The van der Waals surface area contributed by atoms with Gasteiger partial charge in [-0.15, -0.1) is 0 Å². The summed E-state index contributed by atoms with van der Waals surface area (Å²) in [4.78, 5) is 0. The number of hydrogen-bond donors (Lipinski definition) is 0. The molecule has 1 aliphatic heterocycles. The summed E-state index contributed by atoms with van der Waals surface area (Å²) in [5, 5.41) is 0. The van der Waals surface area contributed by atoms with E-state index < -0.39 is 0 Å². The van der Waals surface area contributed by atoms with Crippen LogP contribution in [0.3, 0.4) is 0 Å². The highest BCUT2D eigenvalue weighted by Gasteiger charge is 2.28. The van der Waals surface area contributed by atoms with Crippen LogP contribution in [0.5, 0.6) is 0 Å². The first-order valence-electron chi connectivity index (χ1n) is 7.10. The van der Waals surface area contributed by atoms with Gasteiger partial charge in [0, 0.05) is 18.9 Å². The van der Waals surface area contributed by atoms with E-state index in [0.717, 1.165) is 23.4 Å². The monoisotopic (exact) mass is 242 g/mol. The Morgan fingerprint density at radius 2 is 1.76 bits per heavy atom. The summed E-state index contributed by atoms with van der Waals surface area (Å²) in [7, 11) is 6.86. The van der Waals surface area contributed by atoms with Crippen molar-refractivity contribution in [1.29, 1.82) is 0 Å². The zero-order valence-electron chi connectivity index (χ0n) is 11.7. The molecule has 1 unspecified atom stereocenters. The predicted molar refractivity (Wildman–Crippen MR) is 68.7 cm³/mol. The van der Waals surface area contributed by atoms with Gasteiger partial charge in [-0.2, -0.15) is 0 Å². The number of ether oxygens (including phenoxy) is 2. The third-order valence-corrected chi connectivity index (χ3v) is 3.83. The molecule has 1 saturated heterocycles. The highest BCUT2D eigenvalue weighted by molar-refractivity contribution is 4.73. The highest BCUT2D eigenvalue weighted by atomic mass is 16.7. The maximum absolute atomic E-state index is 6.00. The molecule has 3 nitrogen and oxygen atoms in total. The van der Waals surface area contributed by atoms with Crippen LogP contribution in [-0.2, 0) is 9.47 Å². The lowest BCUT2D eigenvalue weighted by Gasteiger charge is -2.34. The summed E-state index contributed by atoms with van der Waals surface area (Å²) in [6.45, 7) is 2.19. The van der Waals surface area contributed by atoms with Crippen molar-refractivity contribution in [3.8, 4) is 0 Å². The molecule has 0 aromatic rings. The Hall–Kier alpha value is -0.120. The number of nitrogens with zero attached hydrogens (tertiary/aromatic N) is 1. The van der Waals surface area contributed by atoms with Crippen LogP contribution in [0.4, 0.5) is 0 Å². The third-order valence-electron chi connectivity index (χ3n) is 3.83. The Labute approximate surface area is 106 Å². The molecule has 0 bridgehead atoms. The van der Waals surface area contributed by atoms with Crippen LogP contribution < -0.4 is 0 Å². The van der Waals surface area contributed by atoms with Gasteiger partial charge in [0.15, 0.2) is 6.29 Å². The van der Waals surface area contributed by atoms with E-state index in [1.807, 2.05) is 0 Å². The molecule has 0 N–H and O–H groups in total. The Bertz CT molecular complexity index is 223. The molecule has 2 fully saturated rings. The average molecular weight is 242 g/mol. The van der Waals surface area contributed by atoms with Crippen LogP contribution in [-0.4, -0.2) is 51.2 Å². The van der Waals surface area contributed by atoms with Crippen LogP contribution in [0.2, 0.25) is 0 Å². The number of hydrogen-bond acceptors (Lipinski definition) is 2. The minimum Gasteiger partial charge on any atom is -0.353 e. The van der Waals surface area contributed by atoms with E-state index in [1.165, 1.54) is 38.6 Å². The zero-order chi connectivity index (χ0) is 12.3. The van der Waals surface area contributed by atoms with Crippen molar-refractivity contribution in [3.05, 3.63) is 0 Å². The second-order valence-corrected chi connectivity index (χ2v) is 6.69. The van der Waals surface area contributed by atoms with Crippen LogP contribution in [0.15, 0.2) is 0 Å². The standard InChI is InChI=1S/C14H28NO2/c1-15(2,3)11-12-6-8-13(9-7-12)17-14-5-4-10-16-14/h12-14H,4-11H2,1-3H3/q+1. The van der Waals surface area contributed by atoms with Gasteiger partial charge in [-0.05, 0) is 32.1 Å². The highest BCUT2D eigenvalue weighted by Crippen LogP contribution is 2.29. The summed E-state index contributed by atoms with van der Waals surface area (Å²) in [5.41, 5.74) is 0. The zero-order valence-corrected chi connectivity index (χ0v) is 11.7. The normalized spacial score (nSPS) is 35.1. The minimum atomic E-state index is 0.106. The van der Waals surface area contributed by atoms with Crippen LogP contribution >= 0.6 is 0 Å². The summed E-state index contributed by atoms with van der Waals surface area (Å²) in [5.74, 6) is 0.888. The Morgan fingerprint density at radius 3 is 2.29 bits per heavy atom. The van der Waals surface area contributed by atoms with Crippen molar-refractivity contribution in [2.45, 2.75) is 50.9 Å². The molecule has 100 valence electrons. The third kappa shape index (κ3) is 4.57. The molecule has 2 rings (SSSR count). The molecular weight excluding hydrogens is 214 g/mol. The lowest BCUT2D eigenvalue weighted by Crippen LogP contribution is -2.41. The smallest absolute Gasteiger partial charge is 0.158 e. The van der Waals surface area contributed by atoms with Crippen molar-refractivity contribution < 1.29 is 14.0 Å². The first kappa shape index (κ1) is 13.3. The minimum absolute atomic E-state index is 0.106. The second kappa shape index (κ2) is 5.68. The van der Waals surface area contributed by atoms with E-state index in [2.05, 4.69) is 21.1 Å². The molecule has 1 atom stereocenters. The molecule has 2 aliphatic rings. The molecule has 0 aromatic heterocycles. The molecule has 0 aromatic carbocycles. The molecule has 1 saturated carbocycles. The lowest BCUT2D eigenvalue weighted by molar-refractivity contribution is -0.874. The fourth-order valence-corrected chi connectivity index (χ4v) is 3.10. The van der Waals surface area contributed by atoms with Crippen molar-refractivity contribution in [2.24, 2.45) is 5.92 Å². The first-order chi connectivity index (χ1) is 8.03. The van der Waals surface area contributed by atoms with E-state index in [1.54, 1.807) is 0 Å². The number of rotatable bonds is 4. The van der Waals surface area contributed by atoms with Crippen molar-refractivity contribution in [2.75, 3.05) is 34.3 Å². The van der Waals surface area contributed by atoms with E-state index in [0.29, 0.717) is 6.10 Å². The van der Waals surface area contributed by atoms with Crippen molar-refractivity contribution in [1.82, 2.24) is 0 Å². The van der Waals surface area contributed by atoms with Gasteiger partial charge in [0.1, 0.15) is 0 Å². The van der Waals surface area contributed by atoms with E-state index in [4.69, 9.17) is 9.47 Å². The van der Waals surface area contributed by atoms with Gasteiger partial charge in [-0.3, -0.25) is 0 Å². The topological polar surface area (TPSA) is 18.5 Å². The van der Waals surface area contributed by atoms with Crippen molar-refractivity contribution >= 4 is 0 Å². The maximum atomic E-state index is 6.00. The van der Waals surface area contributed by atoms with Crippen LogP contribution in [0, 0.1) is 5.92 Å². The maximum Gasteiger partial charge on any atom is 0.158 e. The molecule has 17 heavy (non-hydrogen) atoms. The molecule has 1 heterocycles. The Kier molecular flexibility index (Phi) is 4.45. The van der Waals surface area contributed by atoms with Gasteiger partial charge in [-0.25, -0.2) is 0 Å². The summed E-state index contributed by atoms with van der Waals surface area (Å²) >= 11 is 0. The lowest BCUT2D eigenvalue weighted by atomic mass is 9.87. The fourth-order valence-electron chi connectivity index (χ4n) is 3.10. The Balaban J connectivity index is 1.67. The van der Waals surface area contributed by atoms with E-state index in [-0.39, 0.29) is 6.29 Å². The van der Waals surface area contributed by atoms with Gasteiger partial charge in [0.25, 0.3) is 0 Å². The quantitative estimate of drug-likeness (QED) is 0.705. The van der Waals surface area contributed by atoms with Gasteiger partial charge in [0.2, 0.25) is 0 Å². The SMILES string of the molecule is C[N+](C)(C)CC1CCC(OC2CCCO2)CC1. The van der Waals surface area contributed by atoms with Gasteiger partial charge in [0.05, 0.1) is 33.8 Å². The molecule has 3 heteroatoms. The van der Waals surface area contributed by atoms with Gasteiger partial charge in [-0.1, -0.05) is 0 Å². The molecule has 0 radical (unpaired) electrons. The van der Waals surface area contributed by atoms with Gasteiger partial charge >= 0.3 is 0 Å². The van der Waals surface area contributed by atoms with E-state index >= 15 is 0 Å². The molecule has 0 spiro atoms. The second-order valence-electron chi connectivity index (χ2n) is 6.69. The summed E-state index contributed by atoms with van der Waals surface area (Å²) in [6, 6.07) is 0. The largest absolute Gasteiger partial charge is 0.353 e. The number of quaternary nitrogens is 1. The predicted octanol–water partition coefficient (Wildman–Crippen LogP) is 2.40. The van der Waals surface area contributed by atoms with Gasteiger partial charge < -0.3 is 14.0 Å². The van der Waals surface area contributed by atoms with E-state index in [9.17, 15) is 0 Å². The Morgan fingerprint density at radius 1 is 1.06 bits per heavy atom. The fraction of sp³-hybridized carbons (Fsp3) is 1.00.